The average Bonchev–Trinajstić information content (AvgIpc) is 2.09. The summed E-state index contributed by atoms with van der Waals surface area (Å²) in [6, 6.07) is 0. The minimum atomic E-state index is 0.00967. The molecule has 0 aliphatic carbocycles. The van der Waals surface area contributed by atoms with Crippen LogP contribution in [-0.4, -0.2) is 29.9 Å². The molecule has 1 aliphatic rings. The van der Waals surface area contributed by atoms with Gasteiger partial charge in [0.25, 0.3) is 0 Å². The maximum Gasteiger partial charge on any atom is 0.201 e. The molecule has 1 aliphatic heterocycles. The van der Waals surface area contributed by atoms with Crippen LogP contribution < -0.4 is 5.32 Å². The number of nitrogens with zero attached hydrogens (tertiary/aromatic N) is 1. The molecule has 0 saturated carbocycles. The molecule has 0 radical (unpaired) electrons. The summed E-state index contributed by atoms with van der Waals surface area (Å²) >= 11 is 0. The molecule has 0 atom stereocenters. The quantitative estimate of drug-likeness (QED) is 0.576. The Morgan fingerprint density at radius 1 is 1.67 bits per heavy atom. The van der Waals surface area contributed by atoms with E-state index in [1.807, 2.05) is 0 Å². The number of allylic oxidation sites excluding steroid dienone is 1. The van der Waals surface area contributed by atoms with Gasteiger partial charge in [-0.25, -0.2) is 0 Å². The molecule has 0 bridgehead atoms. The highest BCUT2D eigenvalue weighted by molar-refractivity contribution is 6.39. The second-order valence-electron chi connectivity index (χ2n) is 2.48. The molecular formula is C8H12N2O2. The smallest absolute Gasteiger partial charge is 0.201 e. The number of rotatable bonds is 3. The van der Waals surface area contributed by atoms with E-state index in [1.165, 1.54) is 0 Å². The number of carbonyl (C=O) groups excluding carboxylic acids is 1. The van der Waals surface area contributed by atoms with Gasteiger partial charge in [0.05, 0.1) is 0 Å². The Labute approximate surface area is 71.0 Å². The van der Waals surface area contributed by atoms with Crippen molar-refractivity contribution in [1.82, 2.24) is 5.32 Å². The number of amidine groups is 1. The molecule has 0 fully saturated rings. The van der Waals surface area contributed by atoms with E-state index < -0.39 is 0 Å². The molecule has 4 heteroatoms. The summed E-state index contributed by atoms with van der Waals surface area (Å²) in [6.45, 7) is 0.610. The number of hydrogen-bond acceptors (Lipinski definition) is 3. The number of carbonyl (C=O) groups is 1. The van der Waals surface area contributed by atoms with E-state index in [0.29, 0.717) is 25.2 Å². The van der Waals surface area contributed by atoms with Crippen molar-refractivity contribution in [3.05, 3.63) is 12.3 Å². The highest BCUT2D eigenvalue weighted by Gasteiger charge is 2.10. The first-order valence-corrected chi connectivity index (χ1v) is 3.94. The maximum atomic E-state index is 11.1. The van der Waals surface area contributed by atoms with Gasteiger partial charge in [0.2, 0.25) is 5.78 Å². The van der Waals surface area contributed by atoms with Gasteiger partial charge in [-0.15, -0.1) is 0 Å². The fourth-order valence-corrected chi connectivity index (χ4v) is 0.876. The summed E-state index contributed by atoms with van der Waals surface area (Å²) in [5.74, 6) is 0.418. The molecule has 66 valence electrons. The first-order chi connectivity index (χ1) is 5.84. The van der Waals surface area contributed by atoms with E-state index in [-0.39, 0.29) is 12.4 Å². The van der Waals surface area contributed by atoms with Gasteiger partial charge in [0.1, 0.15) is 0 Å². The summed E-state index contributed by atoms with van der Waals surface area (Å²) in [5, 5.41) is 11.2. The SMILES string of the molecule is O=C1CC=CNC1=NCCCO. The molecule has 0 aromatic rings. The molecule has 2 N–H and O–H groups in total. The Morgan fingerprint density at radius 3 is 3.17 bits per heavy atom. The number of nitrogens with one attached hydrogen (secondary N) is 1. The molecular weight excluding hydrogens is 156 g/mol. The van der Waals surface area contributed by atoms with Crippen LogP contribution in [0.1, 0.15) is 12.8 Å². The van der Waals surface area contributed by atoms with Crippen molar-refractivity contribution in [2.75, 3.05) is 13.2 Å². The normalized spacial score (nSPS) is 19.8. The van der Waals surface area contributed by atoms with Crippen molar-refractivity contribution in [3.63, 3.8) is 0 Å². The third kappa shape index (κ3) is 2.47. The first-order valence-electron chi connectivity index (χ1n) is 3.94. The van der Waals surface area contributed by atoms with E-state index in [0.717, 1.165) is 0 Å². The molecule has 0 amide bonds. The number of ketones is 1. The highest BCUT2D eigenvalue weighted by Crippen LogP contribution is 1.94. The number of aliphatic imine (C=N–C) groups is 1. The molecule has 12 heavy (non-hydrogen) atoms. The van der Waals surface area contributed by atoms with Crippen LogP contribution in [-0.2, 0) is 4.79 Å². The van der Waals surface area contributed by atoms with E-state index in [1.54, 1.807) is 12.3 Å². The van der Waals surface area contributed by atoms with Crippen LogP contribution in [0.25, 0.3) is 0 Å². The van der Waals surface area contributed by atoms with Gasteiger partial charge in [-0.05, 0) is 12.6 Å². The Hall–Kier alpha value is -1.16. The number of Topliss-reactive ketones (excluding diaryl/α,β-unsaturated/α-hetero) is 1. The minimum Gasteiger partial charge on any atom is -0.396 e. The Bertz CT molecular complexity index is 221. The fraction of sp³-hybridized carbons (Fsp3) is 0.500. The zero-order valence-corrected chi connectivity index (χ0v) is 6.79. The van der Waals surface area contributed by atoms with Crippen LogP contribution >= 0.6 is 0 Å². The monoisotopic (exact) mass is 168 g/mol. The minimum absolute atomic E-state index is 0.00967. The summed E-state index contributed by atoms with van der Waals surface area (Å²) in [5.41, 5.74) is 0. The lowest BCUT2D eigenvalue weighted by Gasteiger charge is -2.07. The molecule has 0 saturated heterocycles. The molecule has 1 heterocycles. The third-order valence-electron chi connectivity index (χ3n) is 1.49. The predicted octanol–water partition coefficient (Wildman–Crippen LogP) is -0.157. The van der Waals surface area contributed by atoms with Crippen LogP contribution in [0.5, 0.6) is 0 Å². The predicted molar refractivity (Wildman–Crippen MR) is 45.9 cm³/mol. The average molecular weight is 168 g/mol. The van der Waals surface area contributed by atoms with Crippen molar-refractivity contribution in [2.24, 2.45) is 4.99 Å². The summed E-state index contributed by atoms with van der Waals surface area (Å²) < 4.78 is 0. The van der Waals surface area contributed by atoms with Gasteiger partial charge >= 0.3 is 0 Å². The van der Waals surface area contributed by atoms with E-state index in [2.05, 4.69) is 10.3 Å². The Morgan fingerprint density at radius 2 is 2.50 bits per heavy atom. The van der Waals surface area contributed by atoms with Crippen molar-refractivity contribution >= 4 is 11.6 Å². The van der Waals surface area contributed by atoms with Crippen molar-refractivity contribution < 1.29 is 9.90 Å². The fourth-order valence-electron chi connectivity index (χ4n) is 0.876. The summed E-state index contributed by atoms with van der Waals surface area (Å²) in [7, 11) is 0. The first kappa shape index (κ1) is 8.93. The molecule has 1 rings (SSSR count). The Balaban J connectivity index is 2.44. The number of hydrogen-bond donors (Lipinski definition) is 2. The lowest BCUT2D eigenvalue weighted by molar-refractivity contribution is -0.112. The van der Waals surface area contributed by atoms with E-state index in [4.69, 9.17) is 5.11 Å². The van der Waals surface area contributed by atoms with Gasteiger partial charge in [-0.2, -0.15) is 0 Å². The maximum absolute atomic E-state index is 11.1. The third-order valence-corrected chi connectivity index (χ3v) is 1.49. The molecule has 0 aromatic carbocycles. The standard InChI is InChI=1S/C8H12N2O2/c11-6-2-5-10-8-7(12)3-1-4-9-8/h1,4,11H,2-3,5-6H2,(H,9,10). The van der Waals surface area contributed by atoms with E-state index >= 15 is 0 Å². The van der Waals surface area contributed by atoms with Gasteiger partial charge in [-0.3, -0.25) is 9.79 Å². The zero-order valence-electron chi connectivity index (χ0n) is 6.79. The molecule has 0 spiro atoms. The molecule has 4 nitrogen and oxygen atoms in total. The second-order valence-corrected chi connectivity index (χ2v) is 2.48. The molecule has 0 aromatic heterocycles. The Kier molecular flexibility index (Phi) is 3.47. The van der Waals surface area contributed by atoms with Crippen LogP contribution in [0, 0.1) is 0 Å². The van der Waals surface area contributed by atoms with Crippen LogP contribution in [0.15, 0.2) is 17.3 Å². The zero-order chi connectivity index (χ0) is 8.81. The topological polar surface area (TPSA) is 61.7 Å². The van der Waals surface area contributed by atoms with Gasteiger partial charge < -0.3 is 10.4 Å². The molecule has 0 unspecified atom stereocenters. The van der Waals surface area contributed by atoms with Crippen LogP contribution in [0.3, 0.4) is 0 Å². The highest BCUT2D eigenvalue weighted by atomic mass is 16.3. The van der Waals surface area contributed by atoms with E-state index in [9.17, 15) is 4.79 Å². The largest absolute Gasteiger partial charge is 0.396 e. The van der Waals surface area contributed by atoms with Crippen LogP contribution in [0.2, 0.25) is 0 Å². The second kappa shape index (κ2) is 4.66. The van der Waals surface area contributed by atoms with Gasteiger partial charge in [0, 0.05) is 19.6 Å². The summed E-state index contributed by atoms with van der Waals surface area (Å²) in [6.07, 6.45) is 4.49. The summed E-state index contributed by atoms with van der Waals surface area (Å²) in [4.78, 5) is 15.1. The van der Waals surface area contributed by atoms with Crippen molar-refractivity contribution in [1.29, 1.82) is 0 Å². The number of aliphatic hydroxyl groups excluding tert-OH is 1. The van der Waals surface area contributed by atoms with Crippen LogP contribution in [0.4, 0.5) is 0 Å². The lowest BCUT2D eigenvalue weighted by Crippen LogP contribution is -2.30. The van der Waals surface area contributed by atoms with Gasteiger partial charge in [-0.1, -0.05) is 6.08 Å². The number of aliphatic hydroxyl groups is 1. The van der Waals surface area contributed by atoms with Crippen molar-refractivity contribution in [3.8, 4) is 0 Å². The van der Waals surface area contributed by atoms with Gasteiger partial charge in [0.15, 0.2) is 5.84 Å². The lowest BCUT2D eigenvalue weighted by atomic mass is 10.2. The van der Waals surface area contributed by atoms with Crippen molar-refractivity contribution in [2.45, 2.75) is 12.8 Å².